The van der Waals surface area contributed by atoms with E-state index in [1.807, 2.05) is 19.1 Å². The molecule has 1 aromatic rings. The number of carbonyl (C=O) groups is 1. The average molecular weight is 367 g/mol. The summed E-state index contributed by atoms with van der Waals surface area (Å²) in [5.41, 5.74) is 3.11. The first-order chi connectivity index (χ1) is 13.2. The summed E-state index contributed by atoms with van der Waals surface area (Å²) in [6.45, 7) is 6.58. The Balaban J connectivity index is 1.38. The van der Waals surface area contributed by atoms with Gasteiger partial charge in [0.2, 0.25) is 0 Å². The fourth-order valence-electron chi connectivity index (χ4n) is 5.62. The molecule has 0 N–H and O–H groups in total. The van der Waals surface area contributed by atoms with Crippen LogP contribution in [0, 0.1) is 5.92 Å². The van der Waals surface area contributed by atoms with E-state index >= 15 is 0 Å². The van der Waals surface area contributed by atoms with E-state index in [9.17, 15) is 4.79 Å². The number of anilines is 1. The van der Waals surface area contributed by atoms with Crippen molar-refractivity contribution in [2.24, 2.45) is 5.92 Å². The van der Waals surface area contributed by atoms with Crippen LogP contribution in [-0.4, -0.2) is 36.0 Å². The average Bonchev–Trinajstić information content (AvgIpc) is 3.00. The number of rotatable bonds is 4. The van der Waals surface area contributed by atoms with Gasteiger partial charge in [-0.1, -0.05) is 44.0 Å². The van der Waals surface area contributed by atoms with E-state index in [4.69, 9.17) is 0 Å². The van der Waals surface area contributed by atoms with Crippen molar-refractivity contribution in [1.82, 2.24) is 4.90 Å². The van der Waals surface area contributed by atoms with Crippen LogP contribution in [0.4, 0.5) is 5.69 Å². The standard InChI is InChI=1S/C24H34N2O/c1-3-7-18-10-12-19(13-11-18)25-16-14-20(15-17-25)26-23-9-6-5-8-22(23)21(4-2)24(26)27/h4-6,8-9,18-20H,3,7,10-17H2,1-2H3. The van der Waals surface area contributed by atoms with E-state index < -0.39 is 0 Å². The predicted molar refractivity (Wildman–Crippen MR) is 113 cm³/mol. The number of fused-ring (bicyclic) bond motifs is 1. The third-order valence-electron chi connectivity index (χ3n) is 7.09. The topological polar surface area (TPSA) is 23.6 Å². The normalized spacial score (nSPS) is 28.7. The van der Waals surface area contributed by atoms with E-state index in [2.05, 4.69) is 34.9 Å². The third-order valence-corrected chi connectivity index (χ3v) is 7.09. The van der Waals surface area contributed by atoms with Gasteiger partial charge in [-0.2, -0.15) is 0 Å². The highest BCUT2D eigenvalue weighted by Crippen LogP contribution is 2.40. The molecule has 0 atom stereocenters. The lowest BCUT2D eigenvalue weighted by Crippen LogP contribution is -2.49. The maximum Gasteiger partial charge on any atom is 0.258 e. The predicted octanol–water partition coefficient (Wildman–Crippen LogP) is 5.26. The molecule has 2 fully saturated rings. The Bertz CT molecular complexity index is 694. The van der Waals surface area contributed by atoms with E-state index in [1.165, 1.54) is 38.5 Å². The maximum atomic E-state index is 13.0. The Hall–Kier alpha value is -1.61. The first-order valence-electron chi connectivity index (χ1n) is 11.1. The highest BCUT2D eigenvalue weighted by atomic mass is 16.2. The fourth-order valence-corrected chi connectivity index (χ4v) is 5.62. The molecule has 0 unspecified atom stereocenters. The van der Waals surface area contributed by atoms with Gasteiger partial charge < -0.3 is 9.80 Å². The molecule has 0 radical (unpaired) electrons. The summed E-state index contributed by atoms with van der Waals surface area (Å²) in [4.78, 5) is 17.8. The molecular weight excluding hydrogens is 332 g/mol. The van der Waals surface area contributed by atoms with Crippen molar-refractivity contribution in [2.45, 2.75) is 77.3 Å². The maximum absolute atomic E-state index is 13.0. The molecule has 3 heteroatoms. The first kappa shape index (κ1) is 18.7. The summed E-state index contributed by atoms with van der Waals surface area (Å²) >= 11 is 0. The van der Waals surface area contributed by atoms with Crippen LogP contribution < -0.4 is 4.90 Å². The second-order valence-corrected chi connectivity index (χ2v) is 8.63. The van der Waals surface area contributed by atoms with E-state index in [0.717, 1.165) is 54.7 Å². The van der Waals surface area contributed by atoms with Crippen LogP contribution in [0.2, 0.25) is 0 Å². The number of hydrogen-bond donors (Lipinski definition) is 0. The Morgan fingerprint density at radius 2 is 1.70 bits per heavy atom. The van der Waals surface area contributed by atoms with Gasteiger partial charge in [0.25, 0.3) is 5.91 Å². The van der Waals surface area contributed by atoms with Crippen LogP contribution in [0.25, 0.3) is 5.57 Å². The Kier molecular flexibility index (Phi) is 5.68. The van der Waals surface area contributed by atoms with Gasteiger partial charge in [-0.25, -0.2) is 0 Å². The third kappa shape index (κ3) is 3.59. The molecule has 3 aliphatic rings. The van der Waals surface area contributed by atoms with Crippen LogP contribution in [-0.2, 0) is 4.79 Å². The van der Waals surface area contributed by atoms with Crippen LogP contribution >= 0.6 is 0 Å². The van der Waals surface area contributed by atoms with Crippen molar-refractivity contribution in [3.05, 3.63) is 35.9 Å². The fraction of sp³-hybridized carbons (Fsp3) is 0.625. The molecule has 4 rings (SSSR count). The lowest BCUT2D eigenvalue weighted by atomic mass is 9.82. The number of benzene rings is 1. The molecule has 27 heavy (non-hydrogen) atoms. The highest BCUT2D eigenvalue weighted by Gasteiger charge is 2.38. The molecule has 1 aliphatic carbocycles. The van der Waals surface area contributed by atoms with Gasteiger partial charge in [0, 0.05) is 36.3 Å². The Morgan fingerprint density at radius 1 is 1.00 bits per heavy atom. The van der Waals surface area contributed by atoms with Gasteiger partial charge in [-0.05, 0) is 57.4 Å². The number of amides is 1. The molecule has 2 aliphatic heterocycles. The monoisotopic (exact) mass is 366 g/mol. The zero-order valence-electron chi connectivity index (χ0n) is 17.0. The number of hydrogen-bond acceptors (Lipinski definition) is 2. The van der Waals surface area contributed by atoms with Crippen molar-refractivity contribution in [3.63, 3.8) is 0 Å². The second-order valence-electron chi connectivity index (χ2n) is 8.63. The first-order valence-corrected chi connectivity index (χ1v) is 11.1. The van der Waals surface area contributed by atoms with Crippen molar-refractivity contribution in [2.75, 3.05) is 18.0 Å². The molecular formula is C24H34N2O. The zero-order valence-corrected chi connectivity index (χ0v) is 17.0. The quantitative estimate of drug-likeness (QED) is 0.679. The van der Waals surface area contributed by atoms with Crippen LogP contribution in [0.1, 0.15) is 70.8 Å². The second kappa shape index (κ2) is 8.18. The Labute approximate surface area is 164 Å². The molecule has 0 aromatic heterocycles. The molecule has 1 saturated heterocycles. The van der Waals surface area contributed by atoms with Gasteiger partial charge in [0.15, 0.2) is 0 Å². The molecule has 1 aromatic carbocycles. The number of likely N-dealkylation sites (tertiary alicyclic amines) is 1. The summed E-state index contributed by atoms with van der Waals surface area (Å²) < 4.78 is 0. The van der Waals surface area contributed by atoms with Crippen LogP contribution in [0.5, 0.6) is 0 Å². The molecule has 0 spiro atoms. The van der Waals surface area contributed by atoms with E-state index in [-0.39, 0.29) is 5.91 Å². The van der Waals surface area contributed by atoms with Gasteiger partial charge >= 0.3 is 0 Å². The van der Waals surface area contributed by atoms with E-state index in [0.29, 0.717) is 6.04 Å². The van der Waals surface area contributed by atoms with Crippen molar-refractivity contribution in [1.29, 1.82) is 0 Å². The molecule has 3 nitrogen and oxygen atoms in total. The lowest BCUT2D eigenvalue weighted by Gasteiger charge is -2.42. The summed E-state index contributed by atoms with van der Waals surface area (Å²) in [5.74, 6) is 1.18. The Morgan fingerprint density at radius 3 is 2.37 bits per heavy atom. The van der Waals surface area contributed by atoms with Crippen molar-refractivity contribution in [3.8, 4) is 0 Å². The molecule has 1 saturated carbocycles. The number of para-hydroxylation sites is 1. The number of nitrogens with zero attached hydrogens (tertiary/aromatic N) is 2. The SMILES string of the molecule is CC=C1C(=O)N(C2CCN(C3CCC(CCC)CC3)CC2)c2ccccc21. The largest absolute Gasteiger partial charge is 0.305 e. The van der Waals surface area contributed by atoms with Gasteiger partial charge in [-0.15, -0.1) is 0 Å². The summed E-state index contributed by atoms with van der Waals surface area (Å²) in [5, 5.41) is 0. The molecule has 1 amide bonds. The number of allylic oxidation sites excluding steroid dienone is 1. The number of carbonyl (C=O) groups excluding carboxylic acids is 1. The highest BCUT2D eigenvalue weighted by molar-refractivity contribution is 6.32. The van der Waals surface area contributed by atoms with Crippen LogP contribution in [0.3, 0.4) is 0 Å². The lowest BCUT2D eigenvalue weighted by molar-refractivity contribution is -0.113. The minimum Gasteiger partial charge on any atom is -0.305 e. The van der Waals surface area contributed by atoms with Crippen molar-refractivity contribution >= 4 is 17.2 Å². The van der Waals surface area contributed by atoms with Gasteiger partial charge in [0.05, 0.1) is 5.69 Å². The summed E-state index contributed by atoms with van der Waals surface area (Å²) in [6, 6.07) is 9.44. The summed E-state index contributed by atoms with van der Waals surface area (Å²) in [7, 11) is 0. The molecule has 0 bridgehead atoms. The summed E-state index contributed by atoms with van der Waals surface area (Å²) in [6.07, 6.45) is 12.5. The van der Waals surface area contributed by atoms with Gasteiger partial charge in [-0.3, -0.25) is 4.79 Å². The molecule has 2 heterocycles. The molecule has 146 valence electrons. The number of piperidine rings is 1. The van der Waals surface area contributed by atoms with Crippen molar-refractivity contribution < 1.29 is 4.79 Å². The zero-order chi connectivity index (χ0) is 18.8. The van der Waals surface area contributed by atoms with Crippen LogP contribution in [0.15, 0.2) is 30.3 Å². The van der Waals surface area contributed by atoms with Gasteiger partial charge in [0.1, 0.15) is 0 Å². The minimum atomic E-state index is 0.206. The smallest absolute Gasteiger partial charge is 0.258 e. The minimum absolute atomic E-state index is 0.206. The van der Waals surface area contributed by atoms with E-state index in [1.54, 1.807) is 0 Å².